The Bertz CT molecular complexity index is 721. The first kappa shape index (κ1) is 17.5. The molecule has 23 heavy (non-hydrogen) atoms. The average molecular weight is 350 g/mol. The maximum absolute atomic E-state index is 13.0. The summed E-state index contributed by atoms with van der Waals surface area (Å²) in [5, 5.41) is 12.7. The van der Waals surface area contributed by atoms with Crippen LogP contribution >= 0.6 is 23.8 Å². The Morgan fingerprint density at radius 1 is 1.35 bits per heavy atom. The number of ketones is 1. The Kier molecular flexibility index (Phi) is 6.21. The van der Waals surface area contributed by atoms with Crippen molar-refractivity contribution in [2.24, 2.45) is 0 Å². The average Bonchev–Trinajstić information content (AvgIpc) is 2.56. The molecule has 2 N–H and O–H groups in total. The number of aliphatic hydroxyl groups excluding tert-OH is 1. The van der Waals surface area contributed by atoms with E-state index >= 15 is 0 Å². The number of hydrogen-bond donors (Lipinski definition) is 2. The van der Waals surface area contributed by atoms with Gasteiger partial charge in [-0.15, -0.1) is 0 Å². The summed E-state index contributed by atoms with van der Waals surface area (Å²) in [4.78, 5) is 13.4. The predicted molar refractivity (Wildman–Crippen MR) is 93.7 cm³/mol. The number of nitrogens with zero attached hydrogens (tertiary/aromatic N) is 1. The van der Waals surface area contributed by atoms with Crippen LogP contribution in [0.15, 0.2) is 48.8 Å². The van der Waals surface area contributed by atoms with Gasteiger partial charge in [-0.1, -0.05) is 36.0 Å². The van der Waals surface area contributed by atoms with E-state index in [-0.39, 0.29) is 12.4 Å². The van der Waals surface area contributed by atoms with Crippen LogP contribution in [0.2, 0.25) is 5.02 Å². The number of carbonyl (C=O) groups is 1. The monoisotopic (exact) mass is 349 g/mol. The molecule has 1 aromatic heterocycles. The lowest BCUT2D eigenvalue weighted by molar-refractivity contribution is -0.692. The van der Waals surface area contributed by atoms with Crippen LogP contribution in [0, 0.1) is 0 Å². The van der Waals surface area contributed by atoms with Crippen molar-refractivity contribution in [3.05, 3.63) is 64.9 Å². The van der Waals surface area contributed by atoms with Gasteiger partial charge in [0, 0.05) is 23.7 Å². The first-order valence-corrected chi connectivity index (χ1v) is 8.04. The number of nitrogens with one attached hydrogen (secondary N) is 1. The predicted octanol–water partition coefficient (Wildman–Crippen LogP) is 2.48. The van der Waals surface area contributed by atoms with E-state index in [4.69, 9.17) is 23.8 Å². The topological polar surface area (TPSA) is 53.2 Å². The van der Waals surface area contributed by atoms with Crippen LogP contribution in [0.5, 0.6) is 0 Å². The molecule has 1 aromatic carbocycles. The molecular formula is C17H18ClN2O2S+. The molecule has 0 saturated heterocycles. The molecule has 0 aliphatic carbocycles. The second-order valence-corrected chi connectivity index (χ2v) is 5.81. The molecule has 4 nitrogen and oxygen atoms in total. The van der Waals surface area contributed by atoms with Gasteiger partial charge >= 0.3 is 0 Å². The van der Waals surface area contributed by atoms with Gasteiger partial charge in [0.1, 0.15) is 0 Å². The number of likely N-dealkylation sites (N-methyl/N-ethyl adjacent to an activating group) is 1. The van der Waals surface area contributed by atoms with Gasteiger partial charge in [0.25, 0.3) is 6.04 Å². The van der Waals surface area contributed by atoms with Crippen LogP contribution in [0.4, 0.5) is 0 Å². The van der Waals surface area contributed by atoms with Crippen LogP contribution < -0.4 is 9.88 Å². The van der Waals surface area contributed by atoms with Gasteiger partial charge in [0.2, 0.25) is 5.78 Å². The smallest absolute Gasteiger partial charge is 0.270 e. The first-order chi connectivity index (χ1) is 11.1. The molecule has 0 spiro atoms. The molecule has 6 heteroatoms. The number of Topliss-reactive ketones (excluding diaryl/α,β-unsaturated/α-hetero) is 1. The fraction of sp³-hybridized carbons (Fsp3) is 0.235. The molecule has 0 bridgehead atoms. The number of pyridine rings is 1. The van der Waals surface area contributed by atoms with Gasteiger partial charge in [-0.2, -0.15) is 4.57 Å². The van der Waals surface area contributed by atoms with Gasteiger partial charge in [-0.3, -0.25) is 4.79 Å². The number of hydrogen-bond acceptors (Lipinski definition) is 3. The second kappa shape index (κ2) is 8.15. The van der Waals surface area contributed by atoms with Crippen molar-refractivity contribution in [1.29, 1.82) is 0 Å². The summed E-state index contributed by atoms with van der Waals surface area (Å²) in [5.74, 6) is -0.193. The van der Waals surface area contributed by atoms with Crippen molar-refractivity contribution < 1.29 is 14.5 Å². The van der Waals surface area contributed by atoms with E-state index in [9.17, 15) is 9.90 Å². The third kappa shape index (κ3) is 4.13. The largest absolute Gasteiger partial charge is 0.391 e. The normalized spacial score (nSPS) is 11.8. The zero-order valence-corrected chi connectivity index (χ0v) is 14.3. The summed E-state index contributed by atoms with van der Waals surface area (Å²) >= 11 is 11.6. The molecule has 1 unspecified atom stereocenters. The molecule has 0 saturated carbocycles. The highest BCUT2D eigenvalue weighted by atomic mass is 35.5. The standard InChI is InChI=1S/C17H17ClN2O2S/c1-2-19-17(23)15(20-9-5-6-12(10-20)11-21)16(22)13-7-3-4-8-14(13)18/h3-10,15,21H,2,11H2,1H3/p+1. The number of carbonyl (C=O) groups excluding carboxylic acids is 1. The molecule has 2 aromatic rings. The van der Waals surface area contributed by atoms with Crippen LogP contribution in [-0.2, 0) is 6.61 Å². The third-order valence-corrected chi connectivity index (χ3v) is 4.05. The van der Waals surface area contributed by atoms with Crippen LogP contribution in [0.1, 0.15) is 28.9 Å². The number of rotatable bonds is 6. The Balaban J connectivity index is 2.47. The molecule has 0 amide bonds. The van der Waals surface area contributed by atoms with Crippen molar-refractivity contribution in [2.75, 3.05) is 6.54 Å². The summed E-state index contributed by atoms with van der Waals surface area (Å²) in [6, 6.07) is 9.74. The van der Waals surface area contributed by atoms with Crippen molar-refractivity contribution >= 4 is 34.6 Å². The Labute approximate surface area is 145 Å². The van der Waals surface area contributed by atoms with Crippen LogP contribution in [0.25, 0.3) is 0 Å². The van der Waals surface area contributed by atoms with E-state index in [2.05, 4.69) is 5.32 Å². The molecule has 0 radical (unpaired) electrons. The Morgan fingerprint density at radius 2 is 2.09 bits per heavy atom. The maximum Gasteiger partial charge on any atom is 0.270 e. The minimum Gasteiger partial charge on any atom is -0.391 e. The number of benzene rings is 1. The highest BCUT2D eigenvalue weighted by Crippen LogP contribution is 2.20. The lowest BCUT2D eigenvalue weighted by atomic mass is 10.0. The molecule has 1 heterocycles. The Hall–Kier alpha value is -1.82. The van der Waals surface area contributed by atoms with E-state index in [0.29, 0.717) is 27.7 Å². The van der Waals surface area contributed by atoms with E-state index in [1.807, 2.05) is 6.92 Å². The molecule has 120 valence electrons. The zero-order chi connectivity index (χ0) is 16.8. The molecule has 1 atom stereocenters. The van der Waals surface area contributed by atoms with Crippen molar-refractivity contribution in [3.8, 4) is 0 Å². The number of thiocarbonyl (C=S) groups is 1. The molecule has 0 fully saturated rings. The van der Waals surface area contributed by atoms with Gasteiger partial charge < -0.3 is 10.4 Å². The van der Waals surface area contributed by atoms with Crippen molar-refractivity contribution in [2.45, 2.75) is 19.6 Å². The molecule has 2 rings (SSSR count). The van der Waals surface area contributed by atoms with Gasteiger partial charge in [-0.25, -0.2) is 0 Å². The van der Waals surface area contributed by atoms with Crippen molar-refractivity contribution in [3.63, 3.8) is 0 Å². The number of aliphatic hydroxyl groups is 1. The minimum absolute atomic E-state index is 0.109. The van der Waals surface area contributed by atoms with E-state index < -0.39 is 6.04 Å². The van der Waals surface area contributed by atoms with E-state index in [1.54, 1.807) is 53.4 Å². The molecule has 0 aliphatic rings. The fourth-order valence-corrected chi connectivity index (χ4v) is 2.87. The van der Waals surface area contributed by atoms with E-state index in [1.165, 1.54) is 0 Å². The highest BCUT2D eigenvalue weighted by molar-refractivity contribution is 7.80. The third-order valence-electron chi connectivity index (χ3n) is 3.35. The summed E-state index contributed by atoms with van der Waals surface area (Å²) in [6.45, 7) is 2.42. The van der Waals surface area contributed by atoms with Crippen molar-refractivity contribution in [1.82, 2.24) is 5.32 Å². The SMILES string of the molecule is CCNC(=S)C(C(=O)c1ccccc1Cl)[n+]1cccc(CO)c1. The minimum atomic E-state index is -0.712. The number of halogens is 1. The lowest BCUT2D eigenvalue weighted by Gasteiger charge is -2.15. The van der Waals surface area contributed by atoms with Gasteiger partial charge in [0.15, 0.2) is 17.4 Å². The molecule has 0 aliphatic heterocycles. The Morgan fingerprint density at radius 3 is 2.74 bits per heavy atom. The zero-order valence-electron chi connectivity index (χ0n) is 12.7. The first-order valence-electron chi connectivity index (χ1n) is 7.25. The fourth-order valence-electron chi connectivity index (χ4n) is 2.27. The van der Waals surface area contributed by atoms with Crippen LogP contribution in [0.3, 0.4) is 0 Å². The quantitative estimate of drug-likeness (QED) is 0.478. The number of aromatic nitrogens is 1. The summed E-state index contributed by atoms with van der Waals surface area (Å²) < 4.78 is 1.70. The summed E-state index contributed by atoms with van der Waals surface area (Å²) in [6.07, 6.45) is 3.46. The van der Waals surface area contributed by atoms with Gasteiger partial charge in [-0.05, 0) is 25.1 Å². The molecular weight excluding hydrogens is 332 g/mol. The second-order valence-electron chi connectivity index (χ2n) is 4.96. The summed E-state index contributed by atoms with van der Waals surface area (Å²) in [7, 11) is 0. The lowest BCUT2D eigenvalue weighted by Crippen LogP contribution is -2.51. The van der Waals surface area contributed by atoms with E-state index in [0.717, 1.165) is 0 Å². The maximum atomic E-state index is 13.0. The summed E-state index contributed by atoms with van der Waals surface area (Å²) in [5.41, 5.74) is 1.12. The highest BCUT2D eigenvalue weighted by Gasteiger charge is 2.34. The van der Waals surface area contributed by atoms with Gasteiger partial charge in [0.05, 0.1) is 11.6 Å². The van der Waals surface area contributed by atoms with Crippen LogP contribution in [-0.4, -0.2) is 22.4 Å².